The summed E-state index contributed by atoms with van der Waals surface area (Å²) in [5.74, 6) is -5.37. The summed E-state index contributed by atoms with van der Waals surface area (Å²) in [6.07, 6.45) is 10.6. The molecule has 6 unspecified atom stereocenters. The number of carbonyl (C=O) groups is 4. The van der Waals surface area contributed by atoms with Crippen molar-refractivity contribution in [2.75, 3.05) is 27.9 Å². The molecule has 396 valence electrons. The average Bonchev–Trinajstić information content (AvgIpc) is 3.35. The molecule has 1 aromatic rings. The van der Waals surface area contributed by atoms with Gasteiger partial charge in [-0.05, 0) is 119 Å². The Hall–Kier alpha value is -4.02. The number of ketones is 2. The van der Waals surface area contributed by atoms with Gasteiger partial charge in [-0.25, -0.2) is 4.79 Å². The Balaban J connectivity index is 1.54. The van der Waals surface area contributed by atoms with Gasteiger partial charge in [0.2, 0.25) is 11.9 Å². The molecule has 5 rings (SSSR count). The second kappa shape index (κ2) is 27.3. The Labute approximate surface area is 423 Å². The molecule has 3 heterocycles. The number of Topliss-reactive ketones (excluding diaryl/α,β-unsaturated/α-hetero) is 2. The third-order valence-electron chi connectivity index (χ3n) is 15.6. The average molecular weight is 992 g/mol. The molecule has 2 bridgehead atoms. The van der Waals surface area contributed by atoms with Crippen molar-refractivity contribution < 1.29 is 62.9 Å². The van der Waals surface area contributed by atoms with E-state index in [1.165, 1.54) is 12.0 Å². The first kappa shape index (κ1) is 57.9. The first-order valence-corrected chi connectivity index (χ1v) is 26.1. The number of piperidine rings is 1. The normalized spacial score (nSPS) is 37.7. The Morgan fingerprint density at radius 3 is 2.25 bits per heavy atom. The molecule has 16 atom stereocenters. The quantitative estimate of drug-likeness (QED) is 0.168. The highest BCUT2D eigenvalue weighted by molar-refractivity contribution is 5.89. The zero-order valence-corrected chi connectivity index (χ0v) is 44.1. The number of hydrogen-bond donors (Lipinski definition) is 3. The van der Waals surface area contributed by atoms with Crippen LogP contribution < -0.4 is 4.74 Å². The number of allylic oxidation sites excluding steroid dienone is 6. The first-order valence-electron chi connectivity index (χ1n) is 26.1. The number of carbonyl (C=O) groups excluding carboxylic acids is 4. The van der Waals surface area contributed by atoms with Crippen molar-refractivity contribution in [3.8, 4) is 5.75 Å². The van der Waals surface area contributed by atoms with E-state index in [9.17, 15) is 29.7 Å². The van der Waals surface area contributed by atoms with Crippen LogP contribution in [0.4, 0.5) is 0 Å². The largest absolute Gasteiger partial charge is 0.475 e. The molecule has 1 amide bonds. The van der Waals surface area contributed by atoms with Gasteiger partial charge in [0.15, 0.2) is 5.78 Å². The van der Waals surface area contributed by atoms with Crippen molar-refractivity contribution in [2.45, 2.75) is 186 Å². The molecule has 71 heavy (non-hydrogen) atoms. The highest BCUT2D eigenvalue weighted by Gasteiger charge is 2.55. The van der Waals surface area contributed by atoms with Crippen LogP contribution in [-0.4, -0.2) is 132 Å². The van der Waals surface area contributed by atoms with Gasteiger partial charge in [0.1, 0.15) is 35.9 Å². The second-order valence-electron chi connectivity index (χ2n) is 21.2. The maximum absolute atomic E-state index is 15.3. The summed E-state index contributed by atoms with van der Waals surface area (Å²) in [6.45, 7) is 13.2. The molecule has 1 saturated carbocycles. The lowest BCUT2D eigenvalue weighted by molar-refractivity contribution is -0.313. The zero-order chi connectivity index (χ0) is 52.0. The third-order valence-corrected chi connectivity index (χ3v) is 15.6. The molecule has 3 aliphatic heterocycles. The van der Waals surface area contributed by atoms with Gasteiger partial charge in [-0.1, -0.05) is 89.3 Å². The number of cyclic esters (lactones) is 1. The van der Waals surface area contributed by atoms with Gasteiger partial charge in [-0.3, -0.25) is 14.4 Å². The molecule has 3 fully saturated rings. The monoisotopic (exact) mass is 992 g/mol. The lowest BCUT2D eigenvalue weighted by Crippen LogP contribution is -2.65. The van der Waals surface area contributed by atoms with Gasteiger partial charge in [-0.2, -0.15) is 0 Å². The van der Waals surface area contributed by atoms with E-state index in [2.05, 4.69) is 0 Å². The fourth-order valence-electron chi connectivity index (χ4n) is 11.0. The van der Waals surface area contributed by atoms with Crippen LogP contribution >= 0.6 is 0 Å². The molecule has 4 aliphatic rings. The van der Waals surface area contributed by atoms with E-state index in [1.807, 2.05) is 71.1 Å². The Morgan fingerprint density at radius 1 is 0.831 bits per heavy atom. The van der Waals surface area contributed by atoms with Gasteiger partial charge in [0.05, 0.1) is 24.4 Å². The van der Waals surface area contributed by atoms with Crippen molar-refractivity contribution in [2.24, 2.45) is 35.5 Å². The fraction of sp³-hybridized carbons (Fsp3) is 0.684. The van der Waals surface area contributed by atoms with Crippen LogP contribution in [0.1, 0.15) is 126 Å². The topological polar surface area (TPSA) is 188 Å². The van der Waals surface area contributed by atoms with Crippen LogP contribution in [0.3, 0.4) is 0 Å². The number of aliphatic hydroxyl groups is 3. The van der Waals surface area contributed by atoms with Crippen LogP contribution in [0, 0.1) is 35.5 Å². The predicted molar refractivity (Wildman–Crippen MR) is 271 cm³/mol. The molecular weight excluding hydrogens is 907 g/mol. The van der Waals surface area contributed by atoms with E-state index in [4.69, 9.17) is 28.4 Å². The van der Waals surface area contributed by atoms with E-state index >= 15 is 4.79 Å². The number of methoxy groups -OCH3 is 3. The Morgan fingerprint density at radius 2 is 1.56 bits per heavy atom. The molecule has 0 radical (unpaired) electrons. The summed E-state index contributed by atoms with van der Waals surface area (Å²) in [4.78, 5) is 59.6. The summed E-state index contributed by atoms with van der Waals surface area (Å²) in [5.41, 5.74) is 1.33. The standard InChI is InChI=1S/C57H85NO13/c1-35-19-13-11-14-20-36(2)48(66-8)33-44-26-24-41(7)57(65,71-44)54(69-43-21-15-12-16-22-43)55(63)58-28-18-17-23-45(58)56(64)70-49(38(4)31-42-25-27-46(59)50(32-42)67-9)34-47(60)37(3)30-40(6)52(62)53(68-10)51(61)39(5)29-35/h11-16,19-22,30,35,37-39,41-42,44-46,48-50,52-54,59,62,65H,17-18,23-29,31-34H2,1-10H3/b14-11?,19-13+,36-20?,40-30+/t35?,37-,38-,39?,41-,42?,44+,45?,46-,48+,49?,50-,52?,53+,54+,57-/m1/s1. The van der Waals surface area contributed by atoms with E-state index < -0.39 is 78.1 Å². The number of amides is 1. The molecular formula is C57H85NO13. The third kappa shape index (κ3) is 15.5. The van der Waals surface area contributed by atoms with Gasteiger partial charge in [-0.15, -0.1) is 0 Å². The smallest absolute Gasteiger partial charge is 0.329 e. The van der Waals surface area contributed by atoms with Crippen molar-refractivity contribution in [3.05, 3.63) is 77.9 Å². The molecule has 14 nitrogen and oxygen atoms in total. The number of benzene rings is 1. The maximum Gasteiger partial charge on any atom is 0.329 e. The molecule has 14 heteroatoms. The summed E-state index contributed by atoms with van der Waals surface area (Å²) >= 11 is 0. The highest BCUT2D eigenvalue weighted by atomic mass is 16.7. The lowest BCUT2D eigenvalue weighted by Gasteiger charge is -2.47. The summed E-state index contributed by atoms with van der Waals surface area (Å²) in [5, 5.41) is 34.9. The molecule has 2 saturated heterocycles. The number of rotatable bonds is 8. The van der Waals surface area contributed by atoms with E-state index in [0.717, 1.165) is 12.0 Å². The minimum atomic E-state index is -2.10. The van der Waals surface area contributed by atoms with Gasteiger partial charge in [0.25, 0.3) is 5.91 Å². The molecule has 3 N–H and O–H groups in total. The summed E-state index contributed by atoms with van der Waals surface area (Å²) in [6, 6.07) is 7.76. The SMILES string of the molecule is CO[C@H]1C[C@@H]2CC[C@@H](C)[C@@](O)(O2)[C@@H](Oc2ccccc2)C(=O)N2CCCCC2C(=O)OC([C@H](C)CC2CC[C@@H](O)[C@H](OC)C2)CC(=O)[C@H](C)/C=C(\C)C(O)[C@@H](OC)C(=O)C(C)CC(C)/C=C/C=CC=C1C. The minimum Gasteiger partial charge on any atom is -0.475 e. The minimum absolute atomic E-state index is 0.0258. The van der Waals surface area contributed by atoms with Gasteiger partial charge < -0.3 is 48.6 Å². The van der Waals surface area contributed by atoms with Crippen LogP contribution in [0.5, 0.6) is 5.75 Å². The van der Waals surface area contributed by atoms with Crippen LogP contribution in [0.25, 0.3) is 0 Å². The second-order valence-corrected chi connectivity index (χ2v) is 21.2. The summed E-state index contributed by atoms with van der Waals surface area (Å²) < 4.78 is 36.8. The van der Waals surface area contributed by atoms with Crippen LogP contribution in [0.2, 0.25) is 0 Å². The summed E-state index contributed by atoms with van der Waals surface area (Å²) in [7, 11) is 4.60. The van der Waals surface area contributed by atoms with Crippen molar-refractivity contribution in [1.82, 2.24) is 4.90 Å². The van der Waals surface area contributed by atoms with Crippen molar-refractivity contribution in [3.63, 3.8) is 0 Å². The van der Waals surface area contributed by atoms with E-state index in [0.29, 0.717) is 75.5 Å². The highest BCUT2D eigenvalue weighted by Crippen LogP contribution is 2.40. The van der Waals surface area contributed by atoms with Crippen molar-refractivity contribution in [1.29, 1.82) is 0 Å². The van der Waals surface area contributed by atoms with E-state index in [-0.39, 0.29) is 54.5 Å². The zero-order valence-electron chi connectivity index (χ0n) is 44.1. The fourth-order valence-corrected chi connectivity index (χ4v) is 11.0. The lowest BCUT2D eigenvalue weighted by atomic mass is 9.78. The maximum atomic E-state index is 15.3. The molecule has 0 aromatic heterocycles. The number of para-hydroxylation sites is 1. The first-order chi connectivity index (χ1) is 33.8. The molecule has 0 spiro atoms. The van der Waals surface area contributed by atoms with E-state index in [1.54, 1.807) is 58.4 Å². The van der Waals surface area contributed by atoms with Crippen LogP contribution in [0.15, 0.2) is 77.9 Å². The number of nitrogens with zero attached hydrogens (tertiary/aromatic N) is 1. The van der Waals surface area contributed by atoms with Gasteiger partial charge in [0, 0.05) is 58.5 Å². The molecule has 1 aromatic carbocycles. The van der Waals surface area contributed by atoms with Crippen LogP contribution in [-0.2, 0) is 42.9 Å². The number of hydrogen-bond acceptors (Lipinski definition) is 13. The van der Waals surface area contributed by atoms with Crippen molar-refractivity contribution >= 4 is 23.4 Å². The molecule has 1 aliphatic carbocycles. The Kier molecular flexibility index (Phi) is 22.3. The number of ether oxygens (including phenoxy) is 6. The number of fused-ring (bicyclic) bond motifs is 3. The number of esters is 1. The van der Waals surface area contributed by atoms with Gasteiger partial charge >= 0.3 is 5.97 Å². The predicted octanol–water partition coefficient (Wildman–Crippen LogP) is 8.06. The number of aliphatic hydroxyl groups excluding tert-OH is 2. The Bertz CT molecular complexity index is 2020.